The van der Waals surface area contributed by atoms with Gasteiger partial charge in [0.1, 0.15) is 11.3 Å². The Balaban J connectivity index is 1.55. The SMILES string of the molecule is Cc1nn([C@H]2CC[C@H](O)CC2)cc1-c1cc(Sc2ccc(F)cc2N)c2c(N)cnn2c1. The number of pyridine rings is 1. The van der Waals surface area contributed by atoms with Gasteiger partial charge in [0.2, 0.25) is 0 Å². The number of aliphatic hydroxyl groups is 1. The first-order chi connectivity index (χ1) is 15.4. The van der Waals surface area contributed by atoms with Crippen molar-refractivity contribution in [1.29, 1.82) is 0 Å². The van der Waals surface area contributed by atoms with Gasteiger partial charge in [-0.1, -0.05) is 11.8 Å². The zero-order chi connectivity index (χ0) is 22.4. The molecule has 0 bridgehead atoms. The van der Waals surface area contributed by atoms with Crippen LogP contribution in [-0.4, -0.2) is 30.6 Å². The molecule has 32 heavy (non-hydrogen) atoms. The summed E-state index contributed by atoms with van der Waals surface area (Å²) in [5.41, 5.74) is 16.9. The van der Waals surface area contributed by atoms with Crippen LogP contribution in [0.1, 0.15) is 37.4 Å². The van der Waals surface area contributed by atoms with Gasteiger partial charge in [0.15, 0.2) is 0 Å². The normalized spacial score (nSPS) is 19.0. The average Bonchev–Trinajstić information content (AvgIpc) is 3.33. The Morgan fingerprint density at radius 1 is 1.06 bits per heavy atom. The van der Waals surface area contributed by atoms with Gasteiger partial charge in [0.05, 0.1) is 29.7 Å². The van der Waals surface area contributed by atoms with Crippen molar-refractivity contribution in [2.45, 2.75) is 54.5 Å². The predicted octanol–water partition coefficient (Wildman–Crippen LogP) is 4.44. The largest absolute Gasteiger partial charge is 0.398 e. The number of nitrogens with two attached hydrogens (primary N) is 2. The topological polar surface area (TPSA) is 107 Å². The van der Waals surface area contributed by atoms with E-state index in [1.54, 1.807) is 16.8 Å². The predicted molar refractivity (Wildman–Crippen MR) is 124 cm³/mol. The van der Waals surface area contributed by atoms with Crippen LogP contribution in [0.25, 0.3) is 16.6 Å². The number of benzene rings is 1. The van der Waals surface area contributed by atoms with Crippen LogP contribution in [0.5, 0.6) is 0 Å². The van der Waals surface area contributed by atoms with Crippen molar-refractivity contribution in [3.05, 3.63) is 54.4 Å². The molecule has 166 valence electrons. The summed E-state index contributed by atoms with van der Waals surface area (Å²) >= 11 is 1.43. The third-order valence-corrected chi connectivity index (χ3v) is 7.19. The van der Waals surface area contributed by atoms with Crippen molar-refractivity contribution in [1.82, 2.24) is 19.4 Å². The smallest absolute Gasteiger partial charge is 0.125 e. The third-order valence-electron chi connectivity index (χ3n) is 6.06. The quantitative estimate of drug-likeness (QED) is 0.395. The second-order valence-electron chi connectivity index (χ2n) is 8.34. The fourth-order valence-corrected chi connectivity index (χ4v) is 5.38. The number of aliphatic hydroxyl groups excluding tert-OH is 1. The van der Waals surface area contributed by atoms with Crippen molar-refractivity contribution in [3.63, 3.8) is 0 Å². The maximum Gasteiger partial charge on any atom is 0.125 e. The van der Waals surface area contributed by atoms with E-state index in [1.807, 2.05) is 17.8 Å². The molecular formula is C23H25FN6OS. The number of nitrogens with zero attached hydrogens (tertiary/aromatic N) is 4. The first-order valence-electron chi connectivity index (χ1n) is 10.6. The molecule has 0 radical (unpaired) electrons. The van der Waals surface area contributed by atoms with Crippen LogP contribution in [0.2, 0.25) is 0 Å². The molecule has 0 amide bonds. The number of fused-ring (bicyclic) bond motifs is 1. The lowest BCUT2D eigenvalue weighted by atomic mass is 9.93. The Morgan fingerprint density at radius 2 is 1.84 bits per heavy atom. The summed E-state index contributed by atoms with van der Waals surface area (Å²) in [6.45, 7) is 2.00. The van der Waals surface area contributed by atoms with E-state index in [-0.39, 0.29) is 11.9 Å². The molecule has 0 spiro atoms. The number of nitrogen functional groups attached to an aromatic ring is 2. The molecule has 1 saturated carbocycles. The maximum absolute atomic E-state index is 13.5. The minimum Gasteiger partial charge on any atom is -0.398 e. The first-order valence-corrected chi connectivity index (χ1v) is 11.4. The zero-order valence-electron chi connectivity index (χ0n) is 17.7. The Labute approximate surface area is 189 Å². The number of anilines is 2. The summed E-state index contributed by atoms with van der Waals surface area (Å²) in [5, 5.41) is 19.0. The Kier molecular flexibility index (Phi) is 5.30. The molecule has 7 nitrogen and oxygen atoms in total. The Morgan fingerprint density at radius 3 is 2.59 bits per heavy atom. The molecule has 5 rings (SSSR count). The van der Waals surface area contributed by atoms with Crippen molar-refractivity contribution in [3.8, 4) is 11.1 Å². The highest BCUT2D eigenvalue weighted by molar-refractivity contribution is 7.99. The van der Waals surface area contributed by atoms with E-state index in [0.717, 1.165) is 57.8 Å². The fourth-order valence-electron chi connectivity index (χ4n) is 4.34. The number of hydrogen-bond donors (Lipinski definition) is 3. The Bertz CT molecular complexity index is 1290. The van der Waals surface area contributed by atoms with E-state index < -0.39 is 0 Å². The van der Waals surface area contributed by atoms with E-state index in [4.69, 9.17) is 16.6 Å². The number of hydrogen-bond acceptors (Lipinski definition) is 6. The molecule has 5 N–H and O–H groups in total. The number of rotatable bonds is 4. The van der Waals surface area contributed by atoms with Gasteiger partial charge in [-0.25, -0.2) is 8.91 Å². The van der Waals surface area contributed by atoms with E-state index in [1.165, 1.54) is 23.9 Å². The van der Waals surface area contributed by atoms with E-state index in [0.29, 0.717) is 17.4 Å². The first kappa shape index (κ1) is 20.8. The van der Waals surface area contributed by atoms with Gasteiger partial charge in [0, 0.05) is 39.0 Å². The number of halogens is 1. The van der Waals surface area contributed by atoms with Crippen molar-refractivity contribution >= 4 is 28.7 Å². The van der Waals surface area contributed by atoms with Crippen LogP contribution in [0.15, 0.2) is 52.6 Å². The number of aromatic nitrogens is 4. The van der Waals surface area contributed by atoms with Crippen LogP contribution in [0.3, 0.4) is 0 Å². The maximum atomic E-state index is 13.5. The lowest BCUT2D eigenvalue weighted by Crippen LogP contribution is -2.21. The Hall–Kier alpha value is -3.04. The summed E-state index contributed by atoms with van der Waals surface area (Å²) in [4.78, 5) is 1.63. The van der Waals surface area contributed by atoms with Gasteiger partial charge in [-0.15, -0.1) is 0 Å². The molecule has 1 aromatic carbocycles. The monoisotopic (exact) mass is 452 g/mol. The summed E-state index contributed by atoms with van der Waals surface area (Å²) < 4.78 is 17.3. The van der Waals surface area contributed by atoms with Gasteiger partial charge in [-0.3, -0.25) is 4.68 Å². The van der Waals surface area contributed by atoms with Crippen molar-refractivity contribution < 1.29 is 9.50 Å². The lowest BCUT2D eigenvalue weighted by molar-refractivity contribution is 0.108. The molecule has 1 aliphatic carbocycles. The zero-order valence-corrected chi connectivity index (χ0v) is 18.5. The van der Waals surface area contributed by atoms with Crippen LogP contribution in [-0.2, 0) is 0 Å². The highest BCUT2D eigenvalue weighted by atomic mass is 32.2. The number of aryl methyl sites for hydroxylation is 1. The molecule has 4 aromatic rings. The van der Waals surface area contributed by atoms with E-state index in [9.17, 15) is 9.50 Å². The second kappa shape index (κ2) is 8.14. The lowest BCUT2D eigenvalue weighted by Gasteiger charge is -2.25. The molecular weight excluding hydrogens is 427 g/mol. The fraction of sp³-hybridized carbons (Fsp3) is 0.304. The molecule has 1 fully saturated rings. The minimum atomic E-state index is -0.368. The standard InChI is InChI=1S/C23H25FN6OS/c1-13-18(12-29(28-13)16-3-5-17(31)6-4-16)14-8-22(23-20(26)10-27-30(23)11-14)32-21-7-2-15(24)9-19(21)25/h2,7-12,16-17,31H,3-6,25-26H2,1H3/t16-,17-. The van der Waals surface area contributed by atoms with Gasteiger partial charge >= 0.3 is 0 Å². The van der Waals surface area contributed by atoms with Crippen molar-refractivity contribution in [2.24, 2.45) is 0 Å². The van der Waals surface area contributed by atoms with Gasteiger partial charge in [-0.2, -0.15) is 10.2 Å². The average molecular weight is 453 g/mol. The van der Waals surface area contributed by atoms with Crippen LogP contribution >= 0.6 is 11.8 Å². The molecule has 3 heterocycles. The summed E-state index contributed by atoms with van der Waals surface area (Å²) in [5.74, 6) is -0.368. The summed E-state index contributed by atoms with van der Waals surface area (Å²) in [6, 6.07) is 6.74. The molecule has 9 heteroatoms. The van der Waals surface area contributed by atoms with Gasteiger partial charge < -0.3 is 16.6 Å². The van der Waals surface area contributed by atoms with Crippen LogP contribution in [0, 0.1) is 12.7 Å². The molecule has 0 unspecified atom stereocenters. The molecule has 0 aliphatic heterocycles. The minimum absolute atomic E-state index is 0.200. The summed E-state index contributed by atoms with van der Waals surface area (Å²) in [7, 11) is 0. The van der Waals surface area contributed by atoms with Gasteiger partial charge in [-0.05, 0) is 56.9 Å². The molecule has 0 atom stereocenters. The molecule has 3 aromatic heterocycles. The van der Waals surface area contributed by atoms with E-state index in [2.05, 4.69) is 17.4 Å². The highest BCUT2D eigenvalue weighted by Crippen LogP contribution is 2.39. The van der Waals surface area contributed by atoms with E-state index >= 15 is 0 Å². The van der Waals surface area contributed by atoms with Crippen LogP contribution < -0.4 is 11.5 Å². The third kappa shape index (κ3) is 3.82. The van der Waals surface area contributed by atoms with Gasteiger partial charge in [0.25, 0.3) is 0 Å². The van der Waals surface area contributed by atoms with Crippen molar-refractivity contribution in [2.75, 3.05) is 11.5 Å². The second-order valence-corrected chi connectivity index (χ2v) is 9.42. The molecule has 0 saturated heterocycles. The summed E-state index contributed by atoms with van der Waals surface area (Å²) in [6.07, 6.45) is 8.89. The molecule has 1 aliphatic rings. The highest BCUT2D eigenvalue weighted by Gasteiger charge is 2.23. The van der Waals surface area contributed by atoms with Crippen LogP contribution in [0.4, 0.5) is 15.8 Å².